The van der Waals surface area contributed by atoms with Crippen LogP contribution in [0.3, 0.4) is 0 Å². The summed E-state index contributed by atoms with van der Waals surface area (Å²) in [7, 11) is -2.87. The van der Waals surface area contributed by atoms with Crippen molar-refractivity contribution in [1.82, 2.24) is 9.88 Å². The average molecular weight is 276 g/mol. The molecule has 2 heterocycles. The number of hydrogen-bond donors (Lipinski definition) is 1. The number of carboxylic acids is 1. The van der Waals surface area contributed by atoms with E-state index in [4.69, 9.17) is 5.11 Å². The molecule has 8 heteroatoms. The number of nitrogens with zero attached hydrogens (tertiary/aromatic N) is 2. The van der Waals surface area contributed by atoms with Gasteiger partial charge in [-0.2, -0.15) is 0 Å². The fourth-order valence-corrected chi connectivity index (χ4v) is 3.54. The molecule has 1 aromatic rings. The monoisotopic (exact) mass is 276 g/mol. The summed E-state index contributed by atoms with van der Waals surface area (Å²) in [6.07, 6.45) is 0. The molecule has 0 unspecified atom stereocenters. The van der Waals surface area contributed by atoms with Gasteiger partial charge in [0, 0.05) is 25.0 Å². The molecule has 0 bridgehead atoms. The molecule has 94 valence electrons. The molecule has 1 N–H and O–H groups in total. The molecule has 0 saturated carbocycles. The van der Waals surface area contributed by atoms with Gasteiger partial charge in [0.2, 0.25) is 5.01 Å². The van der Waals surface area contributed by atoms with E-state index in [1.54, 1.807) is 5.38 Å². The Morgan fingerprint density at radius 3 is 2.65 bits per heavy atom. The van der Waals surface area contributed by atoms with E-state index in [9.17, 15) is 13.2 Å². The Kier molecular flexibility index (Phi) is 3.45. The molecule has 6 nitrogen and oxygen atoms in total. The number of hydrogen-bond acceptors (Lipinski definition) is 6. The largest absolute Gasteiger partial charge is 0.476 e. The van der Waals surface area contributed by atoms with Crippen LogP contribution in [-0.2, 0) is 16.4 Å². The number of carbonyl (C=O) groups is 1. The van der Waals surface area contributed by atoms with Gasteiger partial charge >= 0.3 is 5.97 Å². The van der Waals surface area contributed by atoms with E-state index < -0.39 is 15.8 Å². The van der Waals surface area contributed by atoms with Crippen molar-refractivity contribution in [2.75, 3.05) is 24.6 Å². The van der Waals surface area contributed by atoms with Crippen LogP contribution < -0.4 is 0 Å². The van der Waals surface area contributed by atoms with Crippen molar-refractivity contribution in [2.24, 2.45) is 0 Å². The van der Waals surface area contributed by atoms with E-state index in [1.165, 1.54) is 0 Å². The van der Waals surface area contributed by atoms with Gasteiger partial charge in [-0.05, 0) is 0 Å². The first-order valence-corrected chi connectivity index (χ1v) is 7.77. The average Bonchev–Trinajstić information content (AvgIpc) is 2.70. The molecule has 0 aromatic carbocycles. The number of thiazole rings is 1. The van der Waals surface area contributed by atoms with Gasteiger partial charge in [0.05, 0.1) is 17.2 Å². The molecule has 1 saturated heterocycles. The number of rotatable bonds is 3. The van der Waals surface area contributed by atoms with Crippen LogP contribution in [-0.4, -0.2) is 54.0 Å². The normalized spacial score (nSPS) is 20.2. The molecule has 0 amide bonds. The summed E-state index contributed by atoms with van der Waals surface area (Å²) in [5, 5.41) is 10.5. The molecular weight excluding hydrogens is 264 g/mol. The minimum Gasteiger partial charge on any atom is -0.476 e. The third kappa shape index (κ3) is 3.24. The van der Waals surface area contributed by atoms with Crippen LogP contribution in [0.1, 0.15) is 15.5 Å². The highest BCUT2D eigenvalue weighted by molar-refractivity contribution is 7.91. The van der Waals surface area contributed by atoms with Gasteiger partial charge in [-0.1, -0.05) is 0 Å². The summed E-state index contributed by atoms with van der Waals surface area (Å²) in [5.74, 6) is -0.686. The van der Waals surface area contributed by atoms with Crippen molar-refractivity contribution in [1.29, 1.82) is 0 Å². The van der Waals surface area contributed by atoms with Crippen LogP contribution >= 0.6 is 11.3 Å². The Morgan fingerprint density at radius 1 is 1.47 bits per heavy atom. The minimum absolute atomic E-state index is 0.0737. The molecule has 0 atom stereocenters. The lowest BCUT2D eigenvalue weighted by Gasteiger charge is -2.25. The second-order valence-electron chi connectivity index (χ2n) is 3.88. The molecule has 17 heavy (non-hydrogen) atoms. The van der Waals surface area contributed by atoms with Crippen LogP contribution in [0, 0.1) is 0 Å². The highest BCUT2D eigenvalue weighted by Gasteiger charge is 2.22. The number of aromatic carboxylic acids is 1. The fraction of sp³-hybridized carbons (Fsp3) is 0.556. The summed E-state index contributed by atoms with van der Waals surface area (Å²) >= 11 is 1.09. The van der Waals surface area contributed by atoms with Gasteiger partial charge in [0.25, 0.3) is 0 Å². The van der Waals surface area contributed by atoms with Crippen molar-refractivity contribution in [3.8, 4) is 0 Å². The van der Waals surface area contributed by atoms with Crippen LogP contribution in [0.25, 0.3) is 0 Å². The van der Waals surface area contributed by atoms with Gasteiger partial charge in [-0.25, -0.2) is 18.2 Å². The fourth-order valence-electron chi connectivity index (χ4n) is 1.62. The smallest absolute Gasteiger partial charge is 0.365 e. The van der Waals surface area contributed by atoms with E-state index >= 15 is 0 Å². The molecule has 1 aliphatic rings. The van der Waals surface area contributed by atoms with Crippen LogP contribution in [0.15, 0.2) is 5.38 Å². The zero-order valence-electron chi connectivity index (χ0n) is 9.00. The van der Waals surface area contributed by atoms with Crippen molar-refractivity contribution in [3.05, 3.63) is 16.1 Å². The summed E-state index contributed by atoms with van der Waals surface area (Å²) in [5.41, 5.74) is 0.687. The first kappa shape index (κ1) is 12.5. The van der Waals surface area contributed by atoms with Crippen LogP contribution in [0.2, 0.25) is 0 Å². The Morgan fingerprint density at radius 2 is 2.12 bits per heavy atom. The van der Waals surface area contributed by atoms with Crippen LogP contribution in [0.5, 0.6) is 0 Å². The van der Waals surface area contributed by atoms with Gasteiger partial charge in [-0.3, -0.25) is 4.90 Å². The van der Waals surface area contributed by atoms with Crippen LogP contribution in [0.4, 0.5) is 0 Å². The van der Waals surface area contributed by atoms with E-state index in [0.29, 0.717) is 25.3 Å². The molecule has 0 aliphatic carbocycles. The second kappa shape index (κ2) is 4.71. The molecular formula is C9H12N2O4S2. The molecule has 1 aromatic heterocycles. The van der Waals surface area contributed by atoms with Crippen molar-refractivity contribution >= 4 is 27.1 Å². The van der Waals surface area contributed by atoms with E-state index in [2.05, 4.69) is 4.98 Å². The summed E-state index contributed by atoms with van der Waals surface area (Å²) in [6.45, 7) is 1.49. The van der Waals surface area contributed by atoms with E-state index in [1.807, 2.05) is 4.90 Å². The lowest BCUT2D eigenvalue weighted by Crippen LogP contribution is -2.39. The highest BCUT2D eigenvalue weighted by Crippen LogP contribution is 2.13. The van der Waals surface area contributed by atoms with Gasteiger partial charge in [0.1, 0.15) is 0 Å². The SMILES string of the molecule is O=C(O)c1nc(CN2CCS(=O)(=O)CC2)cs1. The van der Waals surface area contributed by atoms with E-state index in [-0.39, 0.29) is 16.5 Å². The minimum atomic E-state index is -2.87. The molecule has 0 radical (unpaired) electrons. The molecule has 1 fully saturated rings. The summed E-state index contributed by atoms with van der Waals surface area (Å²) in [4.78, 5) is 16.6. The molecule has 1 aliphatic heterocycles. The van der Waals surface area contributed by atoms with Gasteiger partial charge in [0.15, 0.2) is 9.84 Å². The number of sulfone groups is 1. The predicted octanol–water partition coefficient (Wildman–Crippen LogP) is 0.0717. The topological polar surface area (TPSA) is 87.6 Å². The summed E-state index contributed by atoms with van der Waals surface area (Å²) < 4.78 is 22.4. The maximum Gasteiger partial charge on any atom is 0.365 e. The predicted molar refractivity (Wildman–Crippen MR) is 63.0 cm³/mol. The highest BCUT2D eigenvalue weighted by atomic mass is 32.2. The standard InChI is InChI=1S/C9H12N2O4S2/c12-9(13)8-10-7(6-16-8)5-11-1-3-17(14,15)4-2-11/h6H,1-5H2,(H,12,13). The number of carboxylic acid groups (broad SMARTS) is 1. The lowest BCUT2D eigenvalue weighted by atomic mass is 10.4. The van der Waals surface area contributed by atoms with E-state index in [0.717, 1.165) is 11.3 Å². The third-order valence-corrected chi connectivity index (χ3v) is 5.05. The second-order valence-corrected chi connectivity index (χ2v) is 7.04. The van der Waals surface area contributed by atoms with Crippen molar-refractivity contribution < 1.29 is 18.3 Å². The molecule has 2 rings (SSSR count). The zero-order chi connectivity index (χ0) is 12.5. The third-order valence-electron chi connectivity index (χ3n) is 2.56. The zero-order valence-corrected chi connectivity index (χ0v) is 10.6. The molecule has 0 spiro atoms. The van der Waals surface area contributed by atoms with Gasteiger partial charge < -0.3 is 5.11 Å². The van der Waals surface area contributed by atoms with Gasteiger partial charge in [-0.15, -0.1) is 11.3 Å². The summed E-state index contributed by atoms with van der Waals surface area (Å²) in [6, 6.07) is 0. The van der Waals surface area contributed by atoms with Crippen molar-refractivity contribution in [3.63, 3.8) is 0 Å². The number of aromatic nitrogens is 1. The first-order chi connectivity index (χ1) is 7.96. The first-order valence-electron chi connectivity index (χ1n) is 5.07. The Labute approximate surface area is 103 Å². The lowest BCUT2D eigenvalue weighted by molar-refractivity contribution is 0.0696. The Balaban J connectivity index is 1.95. The maximum absolute atomic E-state index is 11.2. The maximum atomic E-state index is 11.2. The Hall–Kier alpha value is -0.990. The Bertz CT molecular complexity index is 509. The van der Waals surface area contributed by atoms with Crippen molar-refractivity contribution in [2.45, 2.75) is 6.54 Å². The quantitative estimate of drug-likeness (QED) is 0.840.